The molecule has 0 N–H and O–H groups in total. The van der Waals surface area contributed by atoms with Crippen molar-refractivity contribution < 1.29 is 4.74 Å². The van der Waals surface area contributed by atoms with Crippen LogP contribution < -0.4 is 4.90 Å². The van der Waals surface area contributed by atoms with E-state index in [0.717, 1.165) is 29.4 Å². The van der Waals surface area contributed by atoms with Gasteiger partial charge in [-0.2, -0.15) is 0 Å². The summed E-state index contributed by atoms with van der Waals surface area (Å²) in [5, 5.41) is 0.252. The maximum atomic E-state index is 6.13. The number of imidazole rings is 1. The molecule has 1 aliphatic rings. The van der Waals surface area contributed by atoms with E-state index in [1.54, 1.807) is 6.33 Å². The Balaban J connectivity index is 2.04. The summed E-state index contributed by atoms with van der Waals surface area (Å²) < 4.78 is 7.42. The number of halogens is 1. The van der Waals surface area contributed by atoms with Gasteiger partial charge in [0.2, 0.25) is 5.28 Å². The lowest BCUT2D eigenvalue weighted by Gasteiger charge is -2.34. The van der Waals surface area contributed by atoms with Crippen LogP contribution in [0.1, 0.15) is 12.6 Å². The van der Waals surface area contributed by atoms with Crippen molar-refractivity contribution in [1.29, 1.82) is 0 Å². The lowest BCUT2D eigenvalue weighted by Crippen LogP contribution is -2.44. The van der Waals surface area contributed by atoms with Crippen LogP contribution in [0.4, 0.5) is 5.82 Å². The first kappa shape index (κ1) is 14.3. The van der Waals surface area contributed by atoms with Gasteiger partial charge in [0.25, 0.3) is 0 Å². The Morgan fingerprint density at radius 2 is 2.19 bits per heavy atom. The topological polar surface area (TPSA) is 56.1 Å². The summed E-state index contributed by atoms with van der Waals surface area (Å²) in [6.45, 7) is 6.28. The minimum absolute atomic E-state index is 0.252. The van der Waals surface area contributed by atoms with E-state index in [1.807, 2.05) is 24.6 Å². The standard InChI is InChI=1S/C14H18ClN5O/c1-9-7-21-5-4-20(9)12-6-11(17-14(15)18-12)13-10(2)16-8-19(13)3/h6,8-9H,4-5,7H2,1-3H3. The van der Waals surface area contributed by atoms with Crippen molar-refractivity contribution in [2.45, 2.75) is 19.9 Å². The van der Waals surface area contributed by atoms with E-state index >= 15 is 0 Å². The minimum atomic E-state index is 0.252. The smallest absolute Gasteiger partial charge is 0.224 e. The fraction of sp³-hybridized carbons (Fsp3) is 0.500. The number of anilines is 1. The molecule has 0 radical (unpaired) electrons. The van der Waals surface area contributed by atoms with Crippen molar-refractivity contribution in [3.8, 4) is 11.4 Å². The molecule has 0 aliphatic carbocycles. The number of aromatic nitrogens is 4. The van der Waals surface area contributed by atoms with Gasteiger partial charge in [-0.3, -0.25) is 0 Å². The van der Waals surface area contributed by atoms with Gasteiger partial charge in [0.05, 0.1) is 42.7 Å². The summed E-state index contributed by atoms with van der Waals surface area (Å²) >= 11 is 6.13. The number of nitrogens with zero attached hydrogens (tertiary/aromatic N) is 5. The predicted molar refractivity (Wildman–Crippen MR) is 81.6 cm³/mol. The third kappa shape index (κ3) is 2.73. The van der Waals surface area contributed by atoms with Gasteiger partial charge in [-0.1, -0.05) is 0 Å². The second-order valence-corrected chi connectivity index (χ2v) is 5.63. The van der Waals surface area contributed by atoms with Gasteiger partial charge in [0, 0.05) is 19.7 Å². The Kier molecular flexibility index (Phi) is 3.82. The highest BCUT2D eigenvalue weighted by atomic mass is 35.5. The fourth-order valence-electron chi connectivity index (χ4n) is 2.66. The van der Waals surface area contributed by atoms with Gasteiger partial charge in [-0.15, -0.1) is 0 Å². The van der Waals surface area contributed by atoms with Gasteiger partial charge in [0.1, 0.15) is 5.82 Å². The molecule has 0 saturated carbocycles. The molecule has 0 spiro atoms. The molecule has 1 saturated heterocycles. The first-order valence-corrected chi connectivity index (χ1v) is 7.31. The highest BCUT2D eigenvalue weighted by molar-refractivity contribution is 6.28. The van der Waals surface area contributed by atoms with Crippen LogP contribution in [0, 0.1) is 6.92 Å². The van der Waals surface area contributed by atoms with Crippen molar-refractivity contribution >= 4 is 17.4 Å². The van der Waals surface area contributed by atoms with E-state index in [1.165, 1.54) is 0 Å². The van der Waals surface area contributed by atoms with Crippen LogP contribution in [0.15, 0.2) is 12.4 Å². The molecule has 2 aromatic rings. The Labute approximate surface area is 128 Å². The minimum Gasteiger partial charge on any atom is -0.377 e. The molecular weight excluding hydrogens is 290 g/mol. The van der Waals surface area contributed by atoms with E-state index in [4.69, 9.17) is 16.3 Å². The average molecular weight is 308 g/mol. The highest BCUT2D eigenvalue weighted by Gasteiger charge is 2.22. The van der Waals surface area contributed by atoms with Crippen molar-refractivity contribution in [3.05, 3.63) is 23.4 Å². The van der Waals surface area contributed by atoms with Crippen LogP contribution in [-0.2, 0) is 11.8 Å². The Hall–Kier alpha value is -1.66. The predicted octanol–water partition coefficient (Wildman–Crippen LogP) is 2.06. The quantitative estimate of drug-likeness (QED) is 0.795. The number of hydrogen-bond acceptors (Lipinski definition) is 5. The maximum absolute atomic E-state index is 6.13. The lowest BCUT2D eigenvalue weighted by molar-refractivity contribution is 0.0985. The van der Waals surface area contributed by atoms with Gasteiger partial charge in [0.15, 0.2) is 0 Å². The molecule has 2 aromatic heterocycles. The molecule has 1 atom stereocenters. The van der Waals surface area contributed by atoms with Crippen LogP contribution in [0.5, 0.6) is 0 Å². The van der Waals surface area contributed by atoms with E-state index in [2.05, 4.69) is 26.8 Å². The van der Waals surface area contributed by atoms with Gasteiger partial charge in [-0.25, -0.2) is 15.0 Å². The van der Waals surface area contributed by atoms with Crippen LogP contribution in [0.3, 0.4) is 0 Å². The van der Waals surface area contributed by atoms with Crippen molar-refractivity contribution in [2.75, 3.05) is 24.7 Å². The maximum Gasteiger partial charge on any atom is 0.224 e. The second-order valence-electron chi connectivity index (χ2n) is 5.29. The van der Waals surface area contributed by atoms with Crippen molar-refractivity contribution in [1.82, 2.24) is 19.5 Å². The van der Waals surface area contributed by atoms with E-state index in [9.17, 15) is 0 Å². The number of morpholine rings is 1. The summed E-state index contributed by atoms with van der Waals surface area (Å²) in [5.41, 5.74) is 2.68. The van der Waals surface area contributed by atoms with E-state index in [0.29, 0.717) is 13.2 Å². The third-order valence-corrected chi connectivity index (χ3v) is 3.88. The molecule has 1 unspecified atom stereocenters. The van der Waals surface area contributed by atoms with Crippen molar-refractivity contribution in [3.63, 3.8) is 0 Å². The molecule has 3 rings (SSSR count). The van der Waals surface area contributed by atoms with Gasteiger partial charge in [-0.05, 0) is 25.4 Å². The molecule has 21 heavy (non-hydrogen) atoms. The molecule has 1 aliphatic heterocycles. The zero-order valence-electron chi connectivity index (χ0n) is 12.4. The van der Waals surface area contributed by atoms with Crippen molar-refractivity contribution in [2.24, 2.45) is 7.05 Å². The fourth-order valence-corrected chi connectivity index (χ4v) is 2.83. The number of hydrogen-bond donors (Lipinski definition) is 0. The molecule has 0 aromatic carbocycles. The number of ether oxygens (including phenoxy) is 1. The van der Waals surface area contributed by atoms with Crippen LogP contribution in [0.2, 0.25) is 5.28 Å². The third-order valence-electron chi connectivity index (χ3n) is 3.71. The van der Waals surface area contributed by atoms with Crippen LogP contribution in [-0.4, -0.2) is 45.3 Å². The molecule has 6 nitrogen and oxygen atoms in total. The second kappa shape index (κ2) is 5.61. The monoisotopic (exact) mass is 307 g/mol. The first-order chi connectivity index (χ1) is 10.1. The summed E-state index contributed by atoms with van der Waals surface area (Å²) in [6.07, 6.45) is 1.78. The molecular formula is C14H18ClN5O. The first-order valence-electron chi connectivity index (χ1n) is 6.93. The summed E-state index contributed by atoms with van der Waals surface area (Å²) in [7, 11) is 1.95. The van der Waals surface area contributed by atoms with Crippen LogP contribution >= 0.6 is 11.6 Å². The Morgan fingerprint density at radius 1 is 1.38 bits per heavy atom. The molecule has 7 heteroatoms. The van der Waals surface area contributed by atoms with E-state index < -0.39 is 0 Å². The Morgan fingerprint density at radius 3 is 2.86 bits per heavy atom. The molecule has 0 amide bonds. The number of aryl methyl sites for hydroxylation is 2. The molecule has 112 valence electrons. The SMILES string of the molecule is Cc1ncn(C)c1-c1cc(N2CCOCC2C)nc(Cl)n1. The summed E-state index contributed by atoms with van der Waals surface area (Å²) in [6, 6.07) is 2.24. The lowest BCUT2D eigenvalue weighted by atomic mass is 10.2. The zero-order chi connectivity index (χ0) is 15.0. The largest absolute Gasteiger partial charge is 0.377 e. The number of rotatable bonds is 2. The summed E-state index contributed by atoms with van der Waals surface area (Å²) in [5.74, 6) is 0.835. The molecule has 1 fully saturated rings. The highest BCUT2D eigenvalue weighted by Crippen LogP contribution is 2.26. The Bertz CT molecular complexity index is 637. The van der Waals surface area contributed by atoms with Crippen LogP contribution in [0.25, 0.3) is 11.4 Å². The summed E-state index contributed by atoms with van der Waals surface area (Å²) in [4.78, 5) is 15.2. The average Bonchev–Trinajstić information content (AvgIpc) is 2.78. The zero-order valence-corrected chi connectivity index (χ0v) is 13.1. The normalized spacial score (nSPS) is 19.0. The van der Waals surface area contributed by atoms with Gasteiger partial charge < -0.3 is 14.2 Å². The molecule has 3 heterocycles. The van der Waals surface area contributed by atoms with Gasteiger partial charge >= 0.3 is 0 Å². The van der Waals surface area contributed by atoms with E-state index in [-0.39, 0.29) is 11.3 Å². The molecule has 0 bridgehead atoms.